The minimum Gasteiger partial charge on any atom is -0.461 e. The van der Waals surface area contributed by atoms with Crippen LogP contribution in [0, 0.1) is 0 Å². The second-order valence-electron chi connectivity index (χ2n) is 7.43. The van der Waals surface area contributed by atoms with Crippen molar-refractivity contribution in [3.63, 3.8) is 0 Å². The fourth-order valence-electron chi connectivity index (χ4n) is 3.25. The summed E-state index contributed by atoms with van der Waals surface area (Å²) >= 11 is 1.12. The number of nitrogens with zero attached hydrogens (tertiary/aromatic N) is 4. The van der Waals surface area contributed by atoms with Crippen molar-refractivity contribution in [2.45, 2.75) is 26.7 Å². The number of fused-ring (bicyclic) bond motifs is 1. The molecule has 4 aromatic rings. The Labute approximate surface area is 193 Å². The summed E-state index contributed by atoms with van der Waals surface area (Å²) in [6.07, 6.45) is 4.18. The number of benzene rings is 1. The van der Waals surface area contributed by atoms with Gasteiger partial charge in [0.15, 0.2) is 5.69 Å². The predicted octanol–water partition coefficient (Wildman–Crippen LogP) is 3.79. The molecule has 0 bridgehead atoms. The largest absolute Gasteiger partial charge is 0.461 e. The summed E-state index contributed by atoms with van der Waals surface area (Å²) in [5.41, 5.74) is 1.23. The van der Waals surface area contributed by atoms with Crippen molar-refractivity contribution in [3.05, 3.63) is 75.5 Å². The first-order chi connectivity index (χ1) is 15.9. The minimum atomic E-state index is -0.653. The molecular weight excluding hydrogens is 442 g/mol. The fourth-order valence-corrected chi connectivity index (χ4v) is 4.18. The normalized spacial score (nSPS) is 11.0. The number of anilines is 1. The third-order valence-electron chi connectivity index (χ3n) is 4.95. The number of esters is 1. The Morgan fingerprint density at radius 2 is 1.94 bits per heavy atom. The van der Waals surface area contributed by atoms with Crippen molar-refractivity contribution in [1.82, 2.24) is 19.7 Å². The van der Waals surface area contributed by atoms with Gasteiger partial charge in [0.1, 0.15) is 10.7 Å². The van der Waals surface area contributed by atoms with Crippen molar-refractivity contribution in [3.8, 4) is 5.69 Å². The summed E-state index contributed by atoms with van der Waals surface area (Å²) in [6, 6.07) is 7.36. The van der Waals surface area contributed by atoms with E-state index < -0.39 is 17.4 Å². The van der Waals surface area contributed by atoms with Crippen LogP contribution in [0.5, 0.6) is 0 Å². The van der Waals surface area contributed by atoms with Gasteiger partial charge in [-0.1, -0.05) is 26.0 Å². The van der Waals surface area contributed by atoms with Gasteiger partial charge in [-0.3, -0.25) is 14.6 Å². The Morgan fingerprint density at radius 3 is 2.58 bits per heavy atom. The number of hydrogen-bond donors (Lipinski definition) is 1. The molecule has 0 fully saturated rings. The van der Waals surface area contributed by atoms with Gasteiger partial charge in [-0.25, -0.2) is 9.78 Å². The molecule has 3 heterocycles. The quantitative estimate of drug-likeness (QED) is 0.433. The van der Waals surface area contributed by atoms with Crippen molar-refractivity contribution in [2.75, 3.05) is 11.9 Å². The predicted molar refractivity (Wildman–Crippen MR) is 125 cm³/mol. The highest BCUT2D eigenvalue weighted by molar-refractivity contribution is 7.16. The van der Waals surface area contributed by atoms with Gasteiger partial charge in [0.25, 0.3) is 11.5 Å². The highest BCUT2D eigenvalue weighted by atomic mass is 32.1. The van der Waals surface area contributed by atoms with Gasteiger partial charge in [0.2, 0.25) is 0 Å². The summed E-state index contributed by atoms with van der Waals surface area (Å²) in [6.45, 7) is 5.99. The number of carbonyl (C=O) groups excluding carboxylic acids is 2. The zero-order valence-corrected chi connectivity index (χ0v) is 19.0. The maximum absolute atomic E-state index is 13.5. The Kier molecular flexibility index (Phi) is 6.27. The second-order valence-corrected chi connectivity index (χ2v) is 8.31. The molecule has 0 aliphatic rings. The Balaban J connectivity index is 1.87. The van der Waals surface area contributed by atoms with Crippen LogP contribution >= 0.6 is 11.3 Å². The molecule has 1 aromatic carbocycles. The molecule has 1 amide bonds. The number of thiophene rings is 1. The molecule has 0 spiro atoms. The average molecular weight is 464 g/mol. The molecule has 0 saturated carbocycles. The van der Waals surface area contributed by atoms with Gasteiger partial charge in [0.05, 0.1) is 23.9 Å². The van der Waals surface area contributed by atoms with E-state index in [4.69, 9.17) is 4.74 Å². The SMILES string of the molecule is CCOC(=O)c1nn(-c2ccc(C(C)C)cc2)c(=O)c2c(NC(=O)c3cnccn3)scc12. The molecule has 168 valence electrons. The molecule has 0 atom stereocenters. The third-order valence-corrected chi connectivity index (χ3v) is 5.84. The number of rotatable bonds is 6. The molecule has 0 aliphatic heterocycles. The molecule has 9 nitrogen and oxygen atoms in total. The lowest BCUT2D eigenvalue weighted by Crippen LogP contribution is -2.25. The van der Waals surface area contributed by atoms with Gasteiger partial charge in [-0.2, -0.15) is 9.78 Å². The van der Waals surface area contributed by atoms with Gasteiger partial charge in [-0.15, -0.1) is 11.3 Å². The topological polar surface area (TPSA) is 116 Å². The van der Waals surface area contributed by atoms with Crippen LogP contribution in [0.25, 0.3) is 16.5 Å². The number of aromatic nitrogens is 4. The van der Waals surface area contributed by atoms with Gasteiger partial charge in [0, 0.05) is 23.2 Å². The fraction of sp³-hybridized carbons (Fsp3) is 0.217. The van der Waals surface area contributed by atoms with Gasteiger partial charge < -0.3 is 10.1 Å². The number of nitrogens with one attached hydrogen (secondary N) is 1. The Bertz CT molecular complexity index is 1380. The number of amides is 1. The van der Waals surface area contributed by atoms with Crippen molar-refractivity contribution in [1.29, 1.82) is 0 Å². The molecule has 33 heavy (non-hydrogen) atoms. The summed E-state index contributed by atoms with van der Waals surface area (Å²) in [4.78, 5) is 46.6. The molecule has 1 N–H and O–H groups in total. The first kappa shape index (κ1) is 22.3. The van der Waals surface area contributed by atoms with E-state index in [1.54, 1.807) is 24.4 Å². The standard InChI is InChI=1S/C23H21N5O4S/c1-4-32-23(31)19-16-12-33-21(26-20(29)17-11-24-9-10-25-17)18(16)22(30)28(27-19)15-7-5-14(6-8-15)13(2)3/h5-13H,4H2,1-3H3,(H,26,29). The number of carbonyl (C=O) groups is 2. The van der Waals surface area contributed by atoms with Crippen molar-refractivity contribution >= 4 is 39.0 Å². The maximum atomic E-state index is 13.5. The number of hydrogen-bond acceptors (Lipinski definition) is 8. The third kappa shape index (κ3) is 4.37. The van der Waals surface area contributed by atoms with E-state index in [9.17, 15) is 14.4 Å². The monoisotopic (exact) mass is 463 g/mol. The molecule has 0 radical (unpaired) electrons. The van der Waals surface area contributed by atoms with Crippen LogP contribution in [0.3, 0.4) is 0 Å². The molecule has 0 saturated heterocycles. The first-order valence-electron chi connectivity index (χ1n) is 10.3. The summed E-state index contributed by atoms with van der Waals surface area (Å²) in [5, 5.41) is 9.39. The summed E-state index contributed by atoms with van der Waals surface area (Å²) in [5.74, 6) is -0.852. The summed E-state index contributed by atoms with van der Waals surface area (Å²) < 4.78 is 6.32. The Hall–Kier alpha value is -3.92. The van der Waals surface area contributed by atoms with E-state index in [0.717, 1.165) is 21.6 Å². The summed E-state index contributed by atoms with van der Waals surface area (Å²) in [7, 11) is 0. The van der Waals surface area contributed by atoms with E-state index in [2.05, 4.69) is 34.2 Å². The second kappa shape index (κ2) is 9.29. The Morgan fingerprint density at radius 1 is 1.18 bits per heavy atom. The first-order valence-corrected chi connectivity index (χ1v) is 11.2. The van der Waals surface area contributed by atoms with E-state index >= 15 is 0 Å². The lowest BCUT2D eigenvalue weighted by molar-refractivity contribution is 0.0520. The maximum Gasteiger partial charge on any atom is 0.359 e. The highest BCUT2D eigenvalue weighted by Crippen LogP contribution is 2.31. The number of ether oxygens (including phenoxy) is 1. The van der Waals surface area contributed by atoms with E-state index in [1.807, 2.05) is 12.1 Å². The van der Waals surface area contributed by atoms with Crippen LogP contribution in [0.4, 0.5) is 5.00 Å². The lowest BCUT2D eigenvalue weighted by atomic mass is 10.0. The van der Waals surface area contributed by atoms with Crippen LogP contribution in [-0.2, 0) is 4.74 Å². The molecule has 4 rings (SSSR count). The van der Waals surface area contributed by atoms with Crippen molar-refractivity contribution in [2.24, 2.45) is 0 Å². The van der Waals surface area contributed by atoms with Gasteiger partial charge in [-0.05, 0) is 30.5 Å². The molecule has 10 heteroatoms. The van der Waals surface area contributed by atoms with Crippen LogP contribution in [0.1, 0.15) is 53.2 Å². The minimum absolute atomic E-state index is 0.00404. The average Bonchev–Trinajstić information content (AvgIpc) is 3.24. The van der Waals surface area contributed by atoms with Crippen molar-refractivity contribution < 1.29 is 14.3 Å². The zero-order chi connectivity index (χ0) is 23.5. The van der Waals surface area contributed by atoms with E-state index in [1.165, 1.54) is 18.6 Å². The smallest absolute Gasteiger partial charge is 0.359 e. The van der Waals surface area contributed by atoms with E-state index in [-0.39, 0.29) is 28.4 Å². The van der Waals surface area contributed by atoms with Gasteiger partial charge >= 0.3 is 5.97 Å². The lowest BCUT2D eigenvalue weighted by Gasteiger charge is -2.11. The molecule has 3 aromatic heterocycles. The zero-order valence-electron chi connectivity index (χ0n) is 18.2. The van der Waals surface area contributed by atoms with E-state index in [0.29, 0.717) is 17.0 Å². The van der Waals surface area contributed by atoms with Crippen LogP contribution in [-0.4, -0.2) is 38.2 Å². The van der Waals surface area contributed by atoms with Crippen LogP contribution in [0.15, 0.2) is 53.0 Å². The molecule has 0 unspecified atom stereocenters. The molecule has 0 aliphatic carbocycles. The highest BCUT2D eigenvalue weighted by Gasteiger charge is 2.23. The van der Waals surface area contributed by atoms with Crippen LogP contribution in [0.2, 0.25) is 0 Å². The van der Waals surface area contributed by atoms with Crippen LogP contribution < -0.4 is 10.9 Å². The molecular formula is C23H21N5O4S.